The summed E-state index contributed by atoms with van der Waals surface area (Å²) in [6, 6.07) is 4.46. The highest BCUT2D eigenvalue weighted by atomic mass is 32.2. The highest BCUT2D eigenvalue weighted by Crippen LogP contribution is 2.31. The van der Waals surface area contributed by atoms with Crippen LogP contribution in [0.25, 0.3) is 11.3 Å². The molecule has 0 bridgehead atoms. The zero-order chi connectivity index (χ0) is 22.6. The second-order valence-corrected chi connectivity index (χ2v) is 7.72. The molecule has 1 fully saturated rings. The third-order valence-electron chi connectivity index (χ3n) is 4.30. The molecule has 3 rings (SSSR count). The molecular formula is C20H23F2N3O5S. The molecule has 2 heterocycles. The summed E-state index contributed by atoms with van der Waals surface area (Å²) in [7, 11) is 1.40. The standard InChI is InChI=1S/C20H23F2N3O5S/c1-4-29-31-30-15-9-12(18(26)24-13-5-6-13)10-23-17(15)14-7-8-16(25(3)19(14)27)28-11-20(2,21)22/h7-10,13H,4-6,11H2,1-3H3,(H,24,26). The molecule has 1 saturated carbocycles. The van der Waals surface area contributed by atoms with Gasteiger partial charge in [-0.1, -0.05) is 0 Å². The van der Waals surface area contributed by atoms with Crippen LogP contribution in [0.4, 0.5) is 8.78 Å². The lowest BCUT2D eigenvalue weighted by Gasteiger charge is -2.16. The lowest BCUT2D eigenvalue weighted by atomic mass is 10.1. The first-order chi connectivity index (χ1) is 14.7. The Labute approximate surface area is 182 Å². The van der Waals surface area contributed by atoms with Gasteiger partial charge in [0.15, 0.2) is 18.2 Å². The second-order valence-electron chi connectivity index (χ2n) is 7.18. The zero-order valence-corrected chi connectivity index (χ0v) is 18.1. The SMILES string of the molecule is CCOSOc1cc(C(=O)NC2CC2)cnc1-c1ccc(OCC(C)(F)F)n(C)c1=O. The first kappa shape index (κ1) is 23.0. The number of carbonyl (C=O) groups excluding carboxylic acids is 1. The van der Waals surface area contributed by atoms with Crippen LogP contribution in [0.15, 0.2) is 29.2 Å². The summed E-state index contributed by atoms with van der Waals surface area (Å²) in [6.45, 7) is 2.03. The van der Waals surface area contributed by atoms with Crippen molar-refractivity contribution in [3.63, 3.8) is 0 Å². The first-order valence-corrected chi connectivity index (χ1v) is 10.3. The number of aromatic nitrogens is 2. The van der Waals surface area contributed by atoms with E-state index in [1.165, 1.54) is 31.4 Å². The van der Waals surface area contributed by atoms with Crippen LogP contribution < -0.4 is 19.8 Å². The zero-order valence-electron chi connectivity index (χ0n) is 17.3. The normalized spacial score (nSPS) is 13.7. The summed E-state index contributed by atoms with van der Waals surface area (Å²) >= 11 is 0.697. The van der Waals surface area contributed by atoms with Gasteiger partial charge < -0.3 is 14.2 Å². The molecule has 0 radical (unpaired) electrons. The molecule has 8 nitrogen and oxygen atoms in total. The number of pyridine rings is 2. The molecule has 0 saturated heterocycles. The molecule has 2 aromatic heterocycles. The number of ether oxygens (including phenoxy) is 1. The van der Waals surface area contributed by atoms with Gasteiger partial charge in [0.1, 0.15) is 5.69 Å². The van der Waals surface area contributed by atoms with Crippen molar-refractivity contribution in [3.8, 4) is 22.9 Å². The van der Waals surface area contributed by atoms with E-state index < -0.39 is 18.1 Å². The number of hydrogen-bond acceptors (Lipinski definition) is 7. The maximum atomic E-state index is 13.1. The molecule has 11 heteroatoms. The number of carbonyl (C=O) groups is 1. The Kier molecular flexibility index (Phi) is 7.16. The van der Waals surface area contributed by atoms with Crippen molar-refractivity contribution in [2.24, 2.45) is 7.05 Å². The van der Waals surface area contributed by atoms with Gasteiger partial charge in [-0.3, -0.25) is 23.3 Å². The van der Waals surface area contributed by atoms with E-state index in [0.717, 1.165) is 24.3 Å². The summed E-state index contributed by atoms with van der Waals surface area (Å²) < 4.78 is 43.0. The minimum atomic E-state index is -3.04. The Hall–Kier alpha value is -2.66. The van der Waals surface area contributed by atoms with Crippen molar-refractivity contribution in [1.82, 2.24) is 14.9 Å². The Bertz CT molecular complexity index is 1010. The molecule has 0 unspecified atom stereocenters. The summed E-state index contributed by atoms with van der Waals surface area (Å²) in [5.74, 6) is -3.18. The molecule has 168 valence electrons. The number of halogens is 2. The number of nitrogens with one attached hydrogen (secondary N) is 1. The van der Waals surface area contributed by atoms with Crippen LogP contribution in [0.2, 0.25) is 0 Å². The van der Waals surface area contributed by atoms with Crippen LogP contribution in [0.3, 0.4) is 0 Å². The molecule has 1 amide bonds. The minimum Gasteiger partial charge on any atom is -0.472 e. The quantitative estimate of drug-likeness (QED) is 0.434. The van der Waals surface area contributed by atoms with Crippen LogP contribution >= 0.6 is 12.3 Å². The van der Waals surface area contributed by atoms with Gasteiger partial charge >= 0.3 is 0 Å². The molecule has 1 N–H and O–H groups in total. The van der Waals surface area contributed by atoms with E-state index in [1.54, 1.807) is 6.92 Å². The molecule has 1 aliphatic carbocycles. The van der Waals surface area contributed by atoms with Gasteiger partial charge in [-0.25, -0.2) is 8.78 Å². The number of alkyl halides is 2. The van der Waals surface area contributed by atoms with Gasteiger partial charge in [-0.05, 0) is 38.0 Å². The molecule has 0 aliphatic heterocycles. The third-order valence-corrected chi connectivity index (χ3v) is 4.88. The van der Waals surface area contributed by atoms with Crippen LogP contribution in [-0.4, -0.2) is 40.6 Å². The monoisotopic (exact) mass is 455 g/mol. The Balaban J connectivity index is 1.93. The summed E-state index contributed by atoms with van der Waals surface area (Å²) in [5.41, 5.74) is 0.0954. The van der Waals surface area contributed by atoms with Crippen molar-refractivity contribution < 1.29 is 26.7 Å². The molecular weight excluding hydrogens is 432 g/mol. The van der Waals surface area contributed by atoms with Crippen molar-refractivity contribution >= 4 is 18.2 Å². The lowest BCUT2D eigenvalue weighted by molar-refractivity contribution is -0.0252. The van der Waals surface area contributed by atoms with E-state index >= 15 is 0 Å². The predicted molar refractivity (Wildman–Crippen MR) is 111 cm³/mol. The highest BCUT2D eigenvalue weighted by Gasteiger charge is 2.26. The van der Waals surface area contributed by atoms with Crippen LogP contribution in [0.1, 0.15) is 37.0 Å². The number of hydrogen-bond donors (Lipinski definition) is 1. The fourth-order valence-electron chi connectivity index (χ4n) is 2.58. The van der Waals surface area contributed by atoms with Gasteiger partial charge in [0.25, 0.3) is 17.4 Å². The van der Waals surface area contributed by atoms with Gasteiger partial charge in [0, 0.05) is 26.2 Å². The molecule has 31 heavy (non-hydrogen) atoms. The summed E-state index contributed by atoms with van der Waals surface area (Å²) in [4.78, 5) is 29.5. The topological polar surface area (TPSA) is 91.7 Å². The number of rotatable bonds is 10. The van der Waals surface area contributed by atoms with Crippen molar-refractivity contribution in [1.29, 1.82) is 0 Å². The largest absolute Gasteiger partial charge is 0.472 e. The first-order valence-electron chi connectivity index (χ1n) is 9.67. The lowest BCUT2D eigenvalue weighted by Crippen LogP contribution is -2.26. The maximum absolute atomic E-state index is 13.1. The van der Waals surface area contributed by atoms with E-state index in [2.05, 4.69) is 10.3 Å². The molecule has 2 aromatic rings. The Morgan fingerprint density at radius 3 is 2.77 bits per heavy atom. The van der Waals surface area contributed by atoms with Gasteiger partial charge in [-0.2, -0.15) is 0 Å². The van der Waals surface area contributed by atoms with Gasteiger partial charge in [-0.15, -0.1) is 0 Å². The van der Waals surface area contributed by atoms with Crippen LogP contribution in [0, 0.1) is 0 Å². The van der Waals surface area contributed by atoms with E-state index in [0.29, 0.717) is 18.9 Å². The smallest absolute Gasteiger partial charge is 0.278 e. The Morgan fingerprint density at radius 2 is 2.13 bits per heavy atom. The minimum absolute atomic E-state index is 0.0122. The van der Waals surface area contributed by atoms with E-state index in [9.17, 15) is 18.4 Å². The summed E-state index contributed by atoms with van der Waals surface area (Å²) in [6.07, 6.45) is 3.23. The highest BCUT2D eigenvalue weighted by molar-refractivity contribution is 7.90. The average Bonchev–Trinajstić information content (AvgIpc) is 3.53. The van der Waals surface area contributed by atoms with E-state index in [-0.39, 0.29) is 40.4 Å². The van der Waals surface area contributed by atoms with Crippen LogP contribution in [0.5, 0.6) is 11.6 Å². The second kappa shape index (κ2) is 9.65. The molecule has 0 spiro atoms. The number of nitrogens with zero attached hydrogens (tertiary/aromatic N) is 2. The predicted octanol–water partition coefficient (Wildman–Crippen LogP) is 3.35. The van der Waals surface area contributed by atoms with Crippen molar-refractivity contribution in [3.05, 3.63) is 40.3 Å². The fourth-order valence-corrected chi connectivity index (χ4v) is 2.93. The van der Waals surface area contributed by atoms with E-state index in [4.69, 9.17) is 13.1 Å². The molecule has 0 aromatic carbocycles. The average molecular weight is 455 g/mol. The maximum Gasteiger partial charge on any atom is 0.278 e. The van der Waals surface area contributed by atoms with Crippen molar-refractivity contribution in [2.75, 3.05) is 13.2 Å². The fraction of sp³-hybridized carbons (Fsp3) is 0.450. The van der Waals surface area contributed by atoms with E-state index in [1.807, 2.05) is 0 Å². The number of amides is 1. The molecule has 0 atom stereocenters. The Morgan fingerprint density at radius 1 is 1.39 bits per heavy atom. The van der Waals surface area contributed by atoms with Gasteiger partial charge in [0.05, 0.1) is 17.7 Å². The van der Waals surface area contributed by atoms with Crippen molar-refractivity contribution in [2.45, 2.75) is 38.7 Å². The van der Waals surface area contributed by atoms with Gasteiger partial charge in [0.2, 0.25) is 12.3 Å². The molecule has 1 aliphatic rings. The van der Waals surface area contributed by atoms with Crippen LogP contribution in [-0.2, 0) is 11.2 Å². The third kappa shape index (κ3) is 6.17. The summed E-state index contributed by atoms with van der Waals surface area (Å²) in [5, 5.41) is 2.86.